The topological polar surface area (TPSA) is 49.5 Å². The van der Waals surface area contributed by atoms with Crippen LogP contribution in [-0.2, 0) is 0 Å². The Bertz CT molecular complexity index is 88.2. The van der Waals surface area contributed by atoms with E-state index in [1.165, 1.54) is 0 Å². The Morgan fingerprint density at radius 2 is 2.18 bits per heavy atom. The molecule has 0 fully saturated rings. The molecule has 3 nitrogen and oxygen atoms in total. The van der Waals surface area contributed by atoms with E-state index in [9.17, 15) is 0 Å². The first kappa shape index (κ1) is 10.9. The summed E-state index contributed by atoms with van der Waals surface area (Å²) in [7, 11) is 2.07. The fraction of sp³-hybridized carbons (Fsp3) is 1.00. The molecule has 3 N–H and O–H groups in total. The lowest BCUT2D eigenvalue weighted by Gasteiger charge is -2.23. The maximum atomic E-state index is 8.58. The lowest BCUT2D eigenvalue weighted by molar-refractivity contribution is 0.210. The summed E-state index contributed by atoms with van der Waals surface area (Å²) < 4.78 is 0. The standard InChI is InChI=1S/C8H20N2O/c1-8(4-5-9)10(2)6-3-7-11/h8,11H,3-7,9H2,1-2H3. The maximum absolute atomic E-state index is 8.58. The van der Waals surface area contributed by atoms with Gasteiger partial charge in [-0.25, -0.2) is 0 Å². The van der Waals surface area contributed by atoms with Crippen LogP contribution in [0.1, 0.15) is 19.8 Å². The van der Waals surface area contributed by atoms with Crippen LogP contribution in [0.5, 0.6) is 0 Å². The van der Waals surface area contributed by atoms with Crippen molar-refractivity contribution in [2.24, 2.45) is 5.73 Å². The summed E-state index contributed by atoms with van der Waals surface area (Å²) in [4.78, 5) is 2.23. The Morgan fingerprint density at radius 3 is 2.64 bits per heavy atom. The summed E-state index contributed by atoms with van der Waals surface area (Å²) in [6, 6.07) is 0.534. The third kappa shape index (κ3) is 5.18. The molecule has 0 aliphatic carbocycles. The number of rotatable bonds is 6. The molecule has 0 rings (SSSR count). The van der Waals surface area contributed by atoms with Crippen LogP contribution < -0.4 is 5.73 Å². The number of hydrogen-bond donors (Lipinski definition) is 2. The highest BCUT2D eigenvalue weighted by Crippen LogP contribution is 1.99. The third-order valence-electron chi connectivity index (χ3n) is 2.01. The van der Waals surface area contributed by atoms with Gasteiger partial charge in [0.1, 0.15) is 0 Å². The SMILES string of the molecule is CC(CCN)N(C)CCCO. The molecule has 0 aliphatic rings. The van der Waals surface area contributed by atoms with Gasteiger partial charge in [-0.1, -0.05) is 0 Å². The first-order chi connectivity index (χ1) is 5.22. The molecule has 0 spiro atoms. The summed E-state index contributed by atoms with van der Waals surface area (Å²) in [6.07, 6.45) is 1.88. The van der Waals surface area contributed by atoms with Crippen LogP contribution in [0.4, 0.5) is 0 Å². The van der Waals surface area contributed by atoms with E-state index in [2.05, 4.69) is 18.9 Å². The molecule has 0 heterocycles. The zero-order valence-electron chi connectivity index (χ0n) is 7.58. The summed E-state index contributed by atoms with van der Waals surface area (Å²) >= 11 is 0. The van der Waals surface area contributed by atoms with Gasteiger partial charge in [-0.05, 0) is 33.4 Å². The number of nitrogens with zero attached hydrogens (tertiary/aromatic N) is 1. The molecule has 0 radical (unpaired) electrons. The molecule has 1 unspecified atom stereocenters. The van der Waals surface area contributed by atoms with E-state index >= 15 is 0 Å². The molecule has 0 aromatic carbocycles. The van der Waals surface area contributed by atoms with Crippen LogP contribution >= 0.6 is 0 Å². The van der Waals surface area contributed by atoms with Crippen LogP contribution in [0.2, 0.25) is 0 Å². The summed E-state index contributed by atoms with van der Waals surface area (Å²) in [5, 5.41) is 8.58. The smallest absolute Gasteiger partial charge is 0.0443 e. The molecule has 0 saturated heterocycles. The van der Waals surface area contributed by atoms with Gasteiger partial charge >= 0.3 is 0 Å². The van der Waals surface area contributed by atoms with E-state index in [0.29, 0.717) is 6.04 Å². The minimum Gasteiger partial charge on any atom is -0.396 e. The van der Waals surface area contributed by atoms with Gasteiger partial charge in [0, 0.05) is 19.2 Å². The predicted molar refractivity (Wildman–Crippen MR) is 47.5 cm³/mol. The maximum Gasteiger partial charge on any atom is 0.0443 e. The molecule has 0 amide bonds. The number of hydrogen-bond acceptors (Lipinski definition) is 3. The Labute approximate surface area is 69.2 Å². The number of aliphatic hydroxyl groups excluding tert-OH is 1. The second-order valence-electron chi connectivity index (χ2n) is 2.98. The minimum atomic E-state index is 0.277. The molecule has 0 aliphatic heterocycles. The van der Waals surface area contributed by atoms with E-state index in [-0.39, 0.29) is 6.61 Å². The van der Waals surface area contributed by atoms with Gasteiger partial charge in [-0.2, -0.15) is 0 Å². The molecule has 3 heteroatoms. The van der Waals surface area contributed by atoms with E-state index in [1.807, 2.05) is 0 Å². The molecular weight excluding hydrogens is 140 g/mol. The van der Waals surface area contributed by atoms with Crippen molar-refractivity contribution >= 4 is 0 Å². The highest BCUT2D eigenvalue weighted by atomic mass is 16.3. The van der Waals surface area contributed by atoms with Crippen LogP contribution in [0.15, 0.2) is 0 Å². The van der Waals surface area contributed by atoms with E-state index in [1.54, 1.807) is 0 Å². The Kier molecular flexibility index (Phi) is 6.51. The van der Waals surface area contributed by atoms with Crippen LogP contribution in [0, 0.1) is 0 Å². The monoisotopic (exact) mass is 160 g/mol. The quantitative estimate of drug-likeness (QED) is 0.576. The van der Waals surface area contributed by atoms with Gasteiger partial charge in [-0.3, -0.25) is 0 Å². The van der Waals surface area contributed by atoms with Gasteiger partial charge in [0.25, 0.3) is 0 Å². The van der Waals surface area contributed by atoms with E-state index in [4.69, 9.17) is 10.8 Å². The van der Waals surface area contributed by atoms with Crippen molar-refractivity contribution < 1.29 is 5.11 Å². The normalized spacial score (nSPS) is 13.9. The van der Waals surface area contributed by atoms with Crippen LogP contribution in [-0.4, -0.2) is 42.8 Å². The van der Waals surface area contributed by atoms with E-state index in [0.717, 1.165) is 25.9 Å². The molecule has 68 valence electrons. The largest absolute Gasteiger partial charge is 0.396 e. The molecule has 1 atom stereocenters. The fourth-order valence-electron chi connectivity index (χ4n) is 1.00. The molecular formula is C8H20N2O. The molecule has 0 aromatic heterocycles. The third-order valence-corrected chi connectivity index (χ3v) is 2.01. The van der Waals surface area contributed by atoms with Crippen molar-refractivity contribution in [2.45, 2.75) is 25.8 Å². The molecule has 11 heavy (non-hydrogen) atoms. The van der Waals surface area contributed by atoms with Gasteiger partial charge in [0.05, 0.1) is 0 Å². The summed E-state index contributed by atoms with van der Waals surface area (Å²) in [5.41, 5.74) is 5.42. The Hall–Kier alpha value is -0.120. The predicted octanol–water partition coefficient (Wildman–Crippen LogP) is 0.0379. The van der Waals surface area contributed by atoms with Crippen molar-refractivity contribution in [3.8, 4) is 0 Å². The average molecular weight is 160 g/mol. The minimum absolute atomic E-state index is 0.277. The van der Waals surface area contributed by atoms with Gasteiger partial charge < -0.3 is 15.7 Å². The van der Waals surface area contributed by atoms with Crippen molar-refractivity contribution in [1.29, 1.82) is 0 Å². The first-order valence-corrected chi connectivity index (χ1v) is 4.23. The molecule has 0 aromatic rings. The number of nitrogens with two attached hydrogens (primary N) is 1. The second kappa shape index (κ2) is 6.58. The molecule has 0 saturated carbocycles. The van der Waals surface area contributed by atoms with Crippen molar-refractivity contribution in [2.75, 3.05) is 26.7 Å². The zero-order valence-corrected chi connectivity index (χ0v) is 7.58. The lowest BCUT2D eigenvalue weighted by Crippen LogP contribution is -2.32. The Balaban J connectivity index is 3.38. The van der Waals surface area contributed by atoms with Crippen molar-refractivity contribution in [1.82, 2.24) is 4.90 Å². The second-order valence-corrected chi connectivity index (χ2v) is 2.98. The van der Waals surface area contributed by atoms with Crippen molar-refractivity contribution in [3.05, 3.63) is 0 Å². The average Bonchev–Trinajstić information content (AvgIpc) is 2.00. The highest BCUT2D eigenvalue weighted by molar-refractivity contribution is 4.62. The number of aliphatic hydroxyl groups is 1. The Morgan fingerprint density at radius 1 is 1.55 bits per heavy atom. The van der Waals surface area contributed by atoms with E-state index < -0.39 is 0 Å². The zero-order chi connectivity index (χ0) is 8.69. The summed E-state index contributed by atoms with van der Waals surface area (Å²) in [6.45, 7) is 4.13. The lowest BCUT2D eigenvalue weighted by atomic mass is 10.2. The molecule has 0 bridgehead atoms. The van der Waals surface area contributed by atoms with Crippen molar-refractivity contribution in [3.63, 3.8) is 0 Å². The first-order valence-electron chi connectivity index (χ1n) is 4.23. The van der Waals surface area contributed by atoms with Gasteiger partial charge in [0.2, 0.25) is 0 Å². The summed E-state index contributed by atoms with van der Waals surface area (Å²) in [5.74, 6) is 0. The van der Waals surface area contributed by atoms with Crippen LogP contribution in [0.25, 0.3) is 0 Å². The fourth-order valence-corrected chi connectivity index (χ4v) is 1.00. The van der Waals surface area contributed by atoms with Gasteiger partial charge in [0.15, 0.2) is 0 Å². The highest BCUT2D eigenvalue weighted by Gasteiger charge is 2.06. The van der Waals surface area contributed by atoms with Crippen LogP contribution in [0.3, 0.4) is 0 Å². The van der Waals surface area contributed by atoms with Gasteiger partial charge in [-0.15, -0.1) is 0 Å².